The average molecular weight is 271 g/mol. The molecule has 0 spiro atoms. The summed E-state index contributed by atoms with van der Waals surface area (Å²) in [5, 5.41) is 8.82. The zero-order valence-corrected chi connectivity index (χ0v) is 9.27. The van der Waals surface area contributed by atoms with Crippen LogP contribution in [0.2, 0.25) is 0 Å². The van der Waals surface area contributed by atoms with Gasteiger partial charge in [0.15, 0.2) is 6.04 Å². The number of aliphatic carboxylic acids is 1. The zero-order valence-electron chi connectivity index (χ0n) is 9.27. The summed E-state index contributed by atoms with van der Waals surface area (Å²) in [6, 6.07) is -1.18. The predicted molar refractivity (Wildman–Crippen MR) is 50.8 cm³/mol. The molecule has 1 N–H and O–H groups in total. The van der Waals surface area contributed by atoms with E-state index in [4.69, 9.17) is 9.84 Å². The number of carboxylic acids is 1. The number of hydrogen-bond acceptors (Lipinski definition) is 4. The molecular weight excluding hydrogens is 259 g/mol. The van der Waals surface area contributed by atoms with E-state index >= 15 is 0 Å². The molecule has 9 heteroatoms. The van der Waals surface area contributed by atoms with Gasteiger partial charge in [-0.1, -0.05) is 0 Å². The van der Waals surface area contributed by atoms with Crippen LogP contribution in [0.3, 0.4) is 0 Å². The number of carbonyl (C=O) groups excluding carboxylic acids is 1. The maximum absolute atomic E-state index is 11.8. The Balaban J connectivity index is 2.46. The molecule has 6 nitrogen and oxygen atoms in total. The minimum absolute atomic E-state index is 0.0190. The van der Waals surface area contributed by atoms with E-state index in [2.05, 4.69) is 4.74 Å². The lowest BCUT2D eigenvalue weighted by atomic mass is 10.2. The van der Waals surface area contributed by atoms with Crippen molar-refractivity contribution in [1.82, 2.24) is 4.90 Å². The van der Waals surface area contributed by atoms with Gasteiger partial charge in [-0.05, 0) is 0 Å². The van der Waals surface area contributed by atoms with Crippen LogP contribution in [0.25, 0.3) is 0 Å². The number of carboxylic acid groups (broad SMARTS) is 1. The first-order valence-electron chi connectivity index (χ1n) is 5.06. The summed E-state index contributed by atoms with van der Waals surface area (Å²) in [6.45, 7) is -2.36. The molecule has 1 fully saturated rings. The highest BCUT2D eigenvalue weighted by Crippen LogP contribution is 2.15. The van der Waals surface area contributed by atoms with E-state index in [0.29, 0.717) is 0 Å². The molecule has 1 aliphatic heterocycles. The smallest absolute Gasteiger partial charge is 0.411 e. The van der Waals surface area contributed by atoms with Crippen LogP contribution in [0.1, 0.15) is 0 Å². The summed E-state index contributed by atoms with van der Waals surface area (Å²) >= 11 is 0. The van der Waals surface area contributed by atoms with Crippen LogP contribution >= 0.6 is 0 Å². The Kier molecular flexibility index (Phi) is 4.91. The number of halogens is 3. The molecule has 0 unspecified atom stereocenters. The second-order valence-corrected chi connectivity index (χ2v) is 3.62. The van der Waals surface area contributed by atoms with Gasteiger partial charge in [0, 0.05) is 6.54 Å². The van der Waals surface area contributed by atoms with E-state index < -0.39 is 37.3 Å². The molecule has 1 atom stereocenters. The van der Waals surface area contributed by atoms with Gasteiger partial charge in [0.25, 0.3) is 0 Å². The number of amides is 1. The molecule has 0 aromatic rings. The number of morpholine rings is 1. The summed E-state index contributed by atoms with van der Waals surface area (Å²) in [5.74, 6) is -2.06. The molecule has 0 aliphatic carbocycles. The van der Waals surface area contributed by atoms with Gasteiger partial charge in [0.1, 0.15) is 13.2 Å². The average Bonchev–Trinajstić information content (AvgIpc) is 2.27. The lowest BCUT2D eigenvalue weighted by molar-refractivity contribution is -0.181. The van der Waals surface area contributed by atoms with Crippen LogP contribution in [0.15, 0.2) is 0 Å². The second-order valence-electron chi connectivity index (χ2n) is 3.62. The van der Waals surface area contributed by atoms with Gasteiger partial charge in [0.05, 0.1) is 13.2 Å². The Morgan fingerprint density at radius 2 is 2.11 bits per heavy atom. The first kappa shape index (κ1) is 14.7. The van der Waals surface area contributed by atoms with Crippen LogP contribution in [-0.4, -0.2) is 67.1 Å². The summed E-state index contributed by atoms with van der Waals surface area (Å²) in [6.07, 6.45) is -4.52. The van der Waals surface area contributed by atoms with Gasteiger partial charge in [-0.15, -0.1) is 0 Å². The summed E-state index contributed by atoms with van der Waals surface area (Å²) in [4.78, 5) is 23.3. The minimum atomic E-state index is -4.52. The highest BCUT2D eigenvalue weighted by Gasteiger charge is 2.33. The maximum atomic E-state index is 11.8. The molecule has 18 heavy (non-hydrogen) atoms. The summed E-state index contributed by atoms with van der Waals surface area (Å²) in [7, 11) is 0. The molecule has 1 rings (SSSR count). The minimum Gasteiger partial charge on any atom is -0.480 e. The molecule has 0 saturated carbocycles. The fourth-order valence-corrected chi connectivity index (χ4v) is 1.44. The Labute approximate surface area is 100 Å². The highest BCUT2D eigenvalue weighted by molar-refractivity contribution is 5.84. The van der Waals surface area contributed by atoms with Crippen molar-refractivity contribution in [3.8, 4) is 0 Å². The normalized spacial score (nSPS) is 20.8. The van der Waals surface area contributed by atoms with Crippen molar-refractivity contribution in [1.29, 1.82) is 0 Å². The van der Waals surface area contributed by atoms with Gasteiger partial charge in [-0.3, -0.25) is 4.79 Å². The van der Waals surface area contributed by atoms with Crippen LogP contribution in [0.5, 0.6) is 0 Å². The van der Waals surface area contributed by atoms with E-state index in [1.54, 1.807) is 0 Å². The number of nitrogens with zero attached hydrogens (tertiary/aromatic N) is 1. The molecule has 1 saturated heterocycles. The third kappa shape index (κ3) is 4.49. The largest absolute Gasteiger partial charge is 0.480 e. The topological polar surface area (TPSA) is 76.1 Å². The Morgan fingerprint density at radius 3 is 2.67 bits per heavy atom. The summed E-state index contributed by atoms with van der Waals surface area (Å²) < 4.78 is 44.4. The molecule has 0 radical (unpaired) electrons. The number of carbonyl (C=O) groups is 2. The standard InChI is InChI=1S/C9H12F3NO5/c10-9(11,12)5-18-4-7(14)13-1-2-17-3-6(13)8(15)16/h6H,1-5H2,(H,15,16)/t6-/m1/s1. The quantitative estimate of drug-likeness (QED) is 0.771. The molecule has 1 amide bonds. The molecule has 104 valence electrons. The SMILES string of the molecule is O=C(O)[C@H]1COCCN1C(=O)COCC(F)(F)F. The van der Waals surface area contributed by atoms with E-state index in [1.165, 1.54) is 0 Å². The number of rotatable bonds is 4. The molecule has 1 heterocycles. The zero-order chi connectivity index (χ0) is 13.8. The van der Waals surface area contributed by atoms with E-state index in [1.807, 2.05) is 0 Å². The van der Waals surface area contributed by atoms with Crippen molar-refractivity contribution in [2.24, 2.45) is 0 Å². The van der Waals surface area contributed by atoms with Gasteiger partial charge in [-0.2, -0.15) is 13.2 Å². The number of alkyl halides is 3. The van der Waals surface area contributed by atoms with Crippen molar-refractivity contribution < 1.29 is 37.3 Å². The molecule has 1 aliphatic rings. The molecule has 0 aromatic carbocycles. The molecule has 0 bridgehead atoms. The monoisotopic (exact) mass is 271 g/mol. The van der Waals surface area contributed by atoms with Crippen LogP contribution in [-0.2, 0) is 19.1 Å². The van der Waals surface area contributed by atoms with Crippen molar-refractivity contribution in [2.45, 2.75) is 12.2 Å². The lowest BCUT2D eigenvalue weighted by Gasteiger charge is -2.32. The second kappa shape index (κ2) is 6.01. The van der Waals surface area contributed by atoms with E-state index in [0.717, 1.165) is 4.90 Å². The fraction of sp³-hybridized carbons (Fsp3) is 0.778. The first-order chi connectivity index (χ1) is 8.31. The third-order valence-electron chi connectivity index (χ3n) is 2.23. The Hall–Kier alpha value is -1.35. The number of hydrogen-bond donors (Lipinski definition) is 1. The fourth-order valence-electron chi connectivity index (χ4n) is 1.44. The van der Waals surface area contributed by atoms with E-state index in [-0.39, 0.29) is 19.8 Å². The summed E-state index contributed by atoms with van der Waals surface area (Å²) in [5.41, 5.74) is 0. The van der Waals surface area contributed by atoms with Crippen molar-refractivity contribution >= 4 is 11.9 Å². The van der Waals surface area contributed by atoms with Crippen LogP contribution < -0.4 is 0 Å². The highest BCUT2D eigenvalue weighted by atomic mass is 19.4. The third-order valence-corrected chi connectivity index (χ3v) is 2.23. The molecular formula is C9H12F3NO5. The van der Waals surface area contributed by atoms with Gasteiger partial charge in [0.2, 0.25) is 5.91 Å². The van der Waals surface area contributed by atoms with Gasteiger partial charge >= 0.3 is 12.1 Å². The van der Waals surface area contributed by atoms with Crippen molar-refractivity contribution in [3.05, 3.63) is 0 Å². The van der Waals surface area contributed by atoms with Crippen molar-refractivity contribution in [3.63, 3.8) is 0 Å². The first-order valence-corrected chi connectivity index (χ1v) is 5.06. The van der Waals surface area contributed by atoms with Crippen molar-refractivity contribution in [2.75, 3.05) is 33.0 Å². The lowest BCUT2D eigenvalue weighted by Crippen LogP contribution is -2.53. The van der Waals surface area contributed by atoms with Gasteiger partial charge < -0.3 is 19.5 Å². The Bertz CT molecular complexity index is 320. The van der Waals surface area contributed by atoms with E-state index in [9.17, 15) is 22.8 Å². The van der Waals surface area contributed by atoms with Gasteiger partial charge in [-0.25, -0.2) is 4.79 Å². The predicted octanol–water partition coefficient (Wildman–Crippen LogP) is -0.123. The van der Waals surface area contributed by atoms with Crippen LogP contribution in [0, 0.1) is 0 Å². The Morgan fingerprint density at radius 1 is 1.44 bits per heavy atom. The molecule has 0 aromatic heterocycles. The van der Waals surface area contributed by atoms with Crippen LogP contribution in [0.4, 0.5) is 13.2 Å². The maximum Gasteiger partial charge on any atom is 0.411 e. The number of ether oxygens (including phenoxy) is 2.